The van der Waals surface area contributed by atoms with Gasteiger partial charge in [0.25, 0.3) is 5.79 Å². The molecule has 4 aliphatic heterocycles. The van der Waals surface area contributed by atoms with Crippen LogP contribution in [0.3, 0.4) is 0 Å². The molecular formula is C42H74O28. The van der Waals surface area contributed by atoms with Gasteiger partial charge in [-0.25, -0.2) is 4.79 Å². The average molecular weight is 1030 g/mol. The Bertz CT molecular complexity index is 1410. The maximum atomic E-state index is 11.5. The second kappa shape index (κ2) is 32.5. The molecule has 0 saturated carbocycles. The van der Waals surface area contributed by atoms with Crippen molar-refractivity contribution in [3.63, 3.8) is 0 Å². The summed E-state index contributed by atoms with van der Waals surface area (Å²) in [4.78, 5) is 11.5. The minimum atomic E-state index is -2.02. The summed E-state index contributed by atoms with van der Waals surface area (Å²) >= 11 is 0. The highest BCUT2D eigenvalue weighted by molar-refractivity contribution is 5.75. The fourth-order valence-corrected chi connectivity index (χ4v) is 7.13. The molecule has 4 fully saturated rings. The highest BCUT2D eigenvalue weighted by atomic mass is 16.8. The average Bonchev–Trinajstić information content (AvgIpc) is 3.35. The summed E-state index contributed by atoms with van der Waals surface area (Å²) in [5, 5.41) is 115. The summed E-state index contributed by atoms with van der Waals surface area (Å²) in [5.41, 5.74) is 0. The standard InChI is InChI=1S/C42H74O28/c1-3-4-55-5-6-56-7-8-57-9-10-58-11-12-59-13-14-60-15-16-61-20-25(21-62-24-22-63-42(2,41(53)54)64-23-24)65-38-34(51)31(48)36(27(18-44)67-38)70-40-35(52)32(49)37(28(19-45)68-40)69-39-33(50)30(47)29(46)26(17-43)66-39/h3,24-40,43-52H,1,4-23H2,2H3,(H,53,54). The van der Waals surface area contributed by atoms with E-state index in [4.69, 9.17) is 75.8 Å². The number of hydrogen-bond acceptors (Lipinski definition) is 27. The molecule has 4 aliphatic rings. The quantitative estimate of drug-likeness (QED) is 0.0208. The van der Waals surface area contributed by atoms with Gasteiger partial charge in [0.2, 0.25) is 0 Å². The predicted octanol–water partition coefficient (Wildman–Crippen LogP) is -6.65. The van der Waals surface area contributed by atoms with Crippen molar-refractivity contribution >= 4 is 5.97 Å². The lowest BCUT2D eigenvalue weighted by molar-refractivity contribution is -0.381. The number of hydrogen-bond donors (Lipinski definition) is 11. The molecule has 0 aromatic rings. The van der Waals surface area contributed by atoms with E-state index in [2.05, 4.69) is 6.58 Å². The Kier molecular flexibility index (Phi) is 28.2. The fourth-order valence-electron chi connectivity index (χ4n) is 7.13. The van der Waals surface area contributed by atoms with Gasteiger partial charge in [0.1, 0.15) is 85.5 Å². The number of carboxylic acid groups (broad SMARTS) is 1. The first-order chi connectivity index (χ1) is 33.7. The number of aliphatic carboxylic acids is 1. The van der Waals surface area contributed by atoms with Crippen molar-refractivity contribution in [2.75, 3.05) is 132 Å². The Morgan fingerprint density at radius 1 is 0.557 bits per heavy atom. The van der Waals surface area contributed by atoms with Crippen molar-refractivity contribution in [2.24, 2.45) is 0 Å². The van der Waals surface area contributed by atoms with Crippen LogP contribution >= 0.6 is 0 Å². The summed E-state index contributed by atoms with van der Waals surface area (Å²) in [6, 6.07) is 0. The molecule has 0 amide bonds. The van der Waals surface area contributed by atoms with E-state index in [0.29, 0.717) is 59.5 Å². The molecule has 410 valence electrons. The lowest BCUT2D eigenvalue weighted by atomic mass is 9.96. The van der Waals surface area contributed by atoms with E-state index in [1.165, 1.54) is 6.92 Å². The van der Waals surface area contributed by atoms with E-state index in [1.807, 2.05) is 0 Å². The SMILES string of the molecule is C=CCOCCOCCOCCOCCOCCOCCOCC(COC1COC(C)(C(=O)O)OC1)OC1OC(CO)C(OC2OC(CO)C(OC3OC(CO)C(O)C(O)C3O)C(O)C2O)C(O)C1O. The molecule has 4 rings (SSSR count). The van der Waals surface area contributed by atoms with E-state index in [1.54, 1.807) is 6.08 Å². The summed E-state index contributed by atoms with van der Waals surface area (Å²) in [6.45, 7) is 6.08. The first-order valence-electron chi connectivity index (χ1n) is 23.0. The van der Waals surface area contributed by atoms with Crippen LogP contribution < -0.4 is 0 Å². The fraction of sp³-hybridized carbons (Fsp3) is 0.929. The van der Waals surface area contributed by atoms with E-state index >= 15 is 0 Å². The van der Waals surface area contributed by atoms with Crippen LogP contribution in [0.25, 0.3) is 0 Å². The van der Waals surface area contributed by atoms with Gasteiger partial charge in [-0.3, -0.25) is 0 Å². The third-order valence-corrected chi connectivity index (χ3v) is 11.2. The zero-order valence-corrected chi connectivity index (χ0v) is 39.1. The number of ether oxygens (including phenoxy) is 16. The summed E-state index contributed by atoms with van der Waals surface area (Å²) in [6.07, 6.45) is -26.4. The van der Waals surface area contributed by atoms with Crippen LogP contribution in [0, 0.1) is 0 Å². The van der Waals surface area contributed by atoms with Crippen LogP contribution in [-0.4, -0.2) is 304 Å². The Morgan fingerprint density at radius 2 is 0.957 bits per heavy atom. The molecule has 28 nitrogen and oxygen atoms in total. The number of rotatable bonds is 35. The number of aliphatic hydroxyl groups is 10. The first kappa shape index (κ1) is 60.7. The van der Waals surface area contributed by atoms with Gasteiger partial charge in [0, 0.05) is 6.92 Å². The van der Waals surface area contributed by atoms with E-state index in [-0.39, 0.29) is 52.9 Å². The monoisotopic (exact) mass is 1030 g/mol. The third-order valence-electron chi connectivity index (χ3n) is 11.2. The number of carboxylic acids is 1. The topological polar surface area (TPSA) is 387 Å². The maximum absolute atomic E-state index is 11.5. The number of aliphatic hydroxyl groups excluding tert-OH is 10. The van der Waals surface area contributed by atoms with E-state index in [0.717, 1.165) is 0 Å². The van der Waals surface area contributed by atoms with Gasteiger partial charge in [0.15, 0.2) is 18.9 Å². The second-order valence-electron chi connectivity index (χ2n) is 16.4. The lowest BCUT2D eigenvalue weighted by Gasteiger charge is -2.48. The number of carbonyl (C=O) groups is 1. The highest BCUT2D eigenvalue weighted by Gasteiger charge is 2.54. The van der Waals surface area contributed by atoms with Crippen molar-refractivity contribution < 1.29 is 137 Å². The molecule has 0 aromatic carbocycles. The molecule has 0 aliphatic carbocycles. The van der Waals surface area contributed by atoms with Crippen LogP contribution in [0.1, 0.15) is 6.92 Å². The van der Waals surface area contributed by atoms with Crippen molar-refractivity contribution in [2.45, 2.75) is 117 Å². The predicted molar refractivity (Wildman–Crippen MR) is 228 cm³/mol. The minimum absolute atomic E-state index is 0.0639. The molecule has 4 saturated heterocycles. The molecule has 70 heavy (non-hydrogen) atoms. The summed E-state index contributed by atoms with van der Waals surface area (Å²) in [5.74, 6) is -3.21. The Labute approximate surface area is 404 Å². The van der Waals surface area contributed by atoms with E-state index < -0.39 is 136 Å². The van der Waals surface area contributed by atoms with Crippen LogP contribution in [-0.2, 0) is 80.6 Å². The Balaban J connectivity index is 1.22. The van der Waals surface area contributed by atoms with Crippen LogP contribution in [0.5, 0.6) is 0 Å². The minimum Gasteiger partial charge on any atom is -0.477 e. The first-order valence-corrected chi connectivity index (χ1v) is 23.0. The van der Waals surface area contributed by atoms with Gasteiger partial charge in [-0.05, 0) is 0 Å². The Hall–Kier alpha value is -1.83. The zero-order valence-electron chi connectivity index (χ0n) is 39.1. The molecule has 0 spiro atoms. The normalized spacial score (nSPS) is 36.5. The van der Waals surface area contributed by atoms with E-state index in [9.17, 15) is 61.0 Å². The van der Waals surface area contributed by atoms with Crippen molar-refractivity contribution in [3.05, 3.63) is 12.7 Å². The van der Waals surface area contributed by atoms with Gasteiger partial charge in [-0.2, -0.15) is 0 Å². The molecular weight excluding hydrogens is 952 g/mol. The van der Waals surface area contributed by atoms with Crippen molar-refractivity contribution in [1.29, 1.82) is 0 Å². The van der Waals surface area contributed by atoms with Crippen LogP contribution in [0.2, 0.25) is 0 Å². The van der Waals surface area contributed by atoms with Gasteiger partial charge >= 0.3 is 5.97 Å². The zero-order chi connectivity index (χ0) is 51.1. The van der Waals surface area contributed by atoms with Gasteiger partial charge in [-0.1, -0.05) is 6.08 Å². The van der Waals surface area contributed by atoms with Crippen molar-refractivity contribution in [1.82, 2.24) is 0 Å². The Morgan fingerprint density at radius 3 is 1.40 bits per heavy atom. The van der Waals surface area contributed by atoms with Crippen LogP contribution in [0.4, 0.5) is 0 Å². The summed E-state index contributed by atoms with van der Waals surface area (Å²) < 4.78 is 88.9. The molecule has 0 radical (unpaired) electrons. The second-order valence-corrected chi connectivity index (χ2v) is 16.4. The maximum Gasteiger partial charge on any atom is 0.364 e. The van der Waals surface area contributed by atoms with Gasteiger partial charge < -0.3 is 132 Å². The van der Waals surface area contributed by atoms with Crippen molar-refractivity contribution in [3.8, 4) is 0 Å². The molecule has 16 atom stereocenters. The smallest absolute Gasteiger partial charge is 0.364 e. The molecule has 0 aromatic heterocycles. The summed E-state index contributed by atoms with van der Waals surface area (Å²) in [7, 11) is 0. The molecule has 28 heteroatoms. The largest absolute Gasteiger partial charge is 0.477 e. The lowest BCUT2D eigenvalue weighted by Crippen LogP contribution is -2.66. The van der Waals surface area contributed by atoms with Crippen LogP contribution in [0.15, 0.2) is 12.7 Å². The molecule has 4 heterocycles. The highest BCUT2D eigenvalue weighted by Crippen LogP contribution is 2.33. The van der Waals surface area contributed by atoms with Gasteiger partial charge in [0.05, 0.1) is 132 Å². The molecule has 16 unspecified atom stereocenters. The van der Waals surface area contributed by atoms with Gasteiger partial charge in [-0.15, -0.1) is 6.58 Å². The third kappa shape index (κ3) is 18.8. The molecule has 11 N–H and O–H groups in total. The molecule has 0 bridgehead atoms.